The average Bonchev–Trinajstić information content (AvgIpc) is 2.78. The zero-order valence-electron chi connectivity index (χ0n) is 16.2. The Bertz CT molecular complexity index is 945. The number of benzene rings is 2. The Labute approximate surface area is 169 Å². The number of nitrogens with zero attached hydrogens (tertiary/aromatic N) is 2. The Morgan fingerprint density at radius 1 is 0.966 bits per heavy atom. The quantitative estimate of drug-likeness (QED) is 0.551. The molecular weight excluding hydrogens is 368 g/mol. The van der Waals surface area contributed by atoms with Crippen LogP contribution in [0.25, 0.3) is 0 Å². The number of hydrogen-bond acceptors (Lipinski definition) is 5. The van der Waals surface area contributed by atoms with Gasteiger partial charge in [0.25, 0.3) is 5.91 Å². The van der Waals surface area contributed by atoms with Crippen molar-refractivity contribution in [2.24, 2.45) is 0 Å². The fourth-order valence-corrected chi connectivity index (χ4v) is 2.78. The first-order valence-electron chi connectivity index (χ1n) is 9.17. The van der Waals surface area contributed by atoms with Crippen LogP contribution in [0.4, 0.5) is 0 Å². The predicted octanol–water partition coefficient (Wildman–Crippen LogP) is 3.48. The summed E-state index contributed by atoms with van der Waals surface area (Å²) in [6.45, 7) is 0.516. The topological polar surface area (TPSA) is 68.7 Å². The van der Waals surface area contributed by atoms with E-state index in [0.717, 1.165) is 11.1 Å². The summed E-state index contributed by atoms with van der Waals surface area (Å²) in [5.74, 6) is -0.179. The molecule has 0 fully saturated rings. The Morgan fingerprint density at radius 3 is 2.48 bits per heavy atom. The van der Waals surface area contributed by atoms with Crippen molar-refractivity contribution in [2.45, 2.75) is 13.2 Å². The van der Waals surface area contributed by atoms with Crippen molar-refractivity contribution in [3.05, 3.63) is 95.8 Å². The first-order chi connectivity index (χ1) is 14.2. The van der Waals surface area contributed by atoms with Gasteiger partial charge in [-0.05, 0) is 29.8 Å². The first-order valence-corrected chi connectivity index (χ1v) is 9.17. The zero-order chi connectivity index (χ0) is 20.5. The number of carbonyl (C=O) groups excluding carboxylic acids is 2. The fourth-order valence-electron chi connectivity index (χ4n) is 2.78. The van der Waals surface area contributed by atoms with Crippen molar-refractivity contribution in [2.75, 3.05) is 13.7 Å². The maximum absolute atomic E-state index is 13.1. The number of aromatic nitrogens is 1. The third-order valence-corrected chi connectivity index (χ3v) is 4.26. The molecule has 0 aliphatic heterocycles. The van der Waals surface area contributed by atoms with Crippen LogP contribution < -0.4 is 4.74 Å². The van der Waals surface area contributed by atoms with Crippen molar-refractivity contribution in [1.29, 1.82) is 0 Å². The molecule has 3 rings (SSSR count). The molecule has 2 aromatic carbocycles. The number of ether oxygens (including phenoxy) is 2. The lowest BCUT2D eigenvalue weighted by atomic mass is 10.1. The summed E-state index contributed by atoms with van der Waals surface area (Å²) in [5.41, 5.74) is 2.29. The highest BCUT2D eigenvalue weighted by molar-refractivity contribution is 5.96. The zero-order valence-corrected chi connectivity index (χ0v) is 16.2. The first kappa shape index (κ1) is 20.1. The van der Waals surface area contributed by atoms with E-state index in [9.17, 15) is 9.59 Å². The monoisotopic (exact) mass is 390 g/mol. The van der Waals surface area contributed by atoms with E-state index in [1.54, 1.807) is 36.7 Å². The summed E-state index contributed by atoms with van der Waals surface area (Å²) in [5, 5.41) is 0. The molecule has 3 aromatic rings. The van der Waals surface area contributed by atoms with Crippen LogP contribution in [0, 0.1) is 0 Å². The number of carbonyl (C=O) groups is 2. The number of pyridine rings is 1. The highest BCUT2D eigenvalue weighted by atomic mass is 16.5. The standard InChI is InChI=1S/C23H22N2O4/c1-28-22(26)16-25(15-18-7-3-2-4-8-18)23(27)20-10-5-11-21(13-20)29-17-19-9-6-12-24-14-19/h2-14H,15-17H2,1H3. The van der Waals surface area contributed by atoms with E-state index < -0.39 is 5.97 Å². The molecule has 0 radical (unpaired) electrons. The van der Waals surface area contributed by atoms with Crippen LogP contribution in [0.15, 0.2) is 79.1 Å². The summed E-state index contributed by atoms with van der Waals surface area (Å²) in [6.07, 6.45) is 3.43. The van der Waals surface area contributed by atoms with Crippen LogP contribution in [0.5, 0.6) is 5.75 Å². The molecule has 0 aliphatic carbocycles. The summed E-state index contributed by atoms with van der Waals surface area (Å²) in [6, 6.07) is 20.2. The highest BCUT2D eigenvalue weighted by Gasteiger charge is 2.20. The van der Waals surface area contributed by atoms with E-state index in [2.05, 4.69) is 4.98 Å². The van der Waals surface area contributed by atoms with Gasteiger partial charge in [0, 0.05) is 30.1 Å². The van der Waals surface area contributed by atoms with Gasteiger partial charge < -0.3 is 14.4 Å². The molecular formula is C23H22N2O4. The third kappa shape index (κ3) is 5.90. The second-order valence-electron chi connectivity index (χ2n) is 6.40. The minimum absolute atomic E-state index is 0.134. The second kappa shape index (κ2) is 10.0. The summed E-state index contributed by atoms with van der Waals surface area (Å²) in [7, 11) is 1.31. The van der Waals surface area contributed by atoms with E-state index >= 15 is 0 Å². The van der Waals surface area contributed by atoms with Gasteiger partial charge in [-0.3, -0.25) is 14.6 Å². The van der Waals surface area contributed by atoms with E-state index in [1.807, 2.05) is 42.5 Å². The molecule has 29 heavy (non-hydrogen) atoms. The Kier molecular flexibility index (Phi) is 6.95. The molecule has 0 saturated carbocycles. The summed E-state index contributed by atoms with van der Waals surface area (Å²) in [4.78, 5) is 30.4. The minimum atomic E-state index is -0.474. The van der Waals surface area contributed by atoms with Gasteiger partial charge >= 0.3 is 5.97 Å². The number of esters is 1. The van der Waals surface area contributed by atoms with Gasteiger partial charge in [0.1, 0.15) is 18.9 Å². The summed E-state index contributed by atoms with van der Waals surface area (Å²) >= 11 is 0. The van der Waals surface area contributed by atoms with Gasteiger partial charge in [-0.25, -0.2) is 0 Å². The molecule has 1 amide bonds. The largest absolute Gasteiger partial charge is 0.489 e. The van der Waals surface area contributed by atoms with Crippen molar-refractivity contribution >= 4 is 11.9 Å². The number of methoxy groups -OCH3 is 1. The molecule has 0 aliphatic rings. The van der Waals surface area contributed by atoms with Crippen LogP contribution in [-0.4, -0.2) is 35.4 Å². The van der Waals surface area contributed by atoms with E-state index in [1.165, 1.54) is 12.0 Å². The average molecular weight is 390 g/mol. The van der Waals surface area contributed by atoms with Gasteiger partial charge in [-0.2, -0.15) is 0 Å². The molecule has 6 nitrogen and oxygen atoms in total. The lowest BCUT2D eigenvalue weighted by Crippen LogP contribution is -2.35. The molecule has 148 valence electrons. The molecule has 1 heterocycles. The van der Waals surface area contributed by atoms with Crippen molar-refractivity contribution in [1.82, 2.24) is 9.88 Å². The molecule has 0 atom stereocenters. The van der Waals surface area contributed by atoms with Gasteiger partial charge in [-0.15, -0.1) is 0 Å². The fraction of sp³-hybridized carbons (Fsp3) is 0.174. The number of rotatable bonds is 8. The molecule has 0 bridgehead atoms. The lowest BCUT2D eigenvalue weighted by molar-refractivity contribution is -0.141. The van der Waals surface area contributed by atoms with Gasteiger partial charge in [0.15, 0.2) is 0 Å². The summed E-state index contributed by atoms with van der Waals surface area (Å²) < 4.78 is 10.5. The molecule has 1 aromatic heterocycles. The lowest BCUT2D eigenvalue weighted by Gasteiger charge is -2.22. The van der Waals surface area contributed by atoms with Crippen molar-refractivity contribution < 1.29 is 19.1 Å². The third-order valence-electron chi connectivity index (χ3n) is 4.26. The van der Waals surface area contributed by atoms with E-state index in [0.29, 0.717) is 24.5 Å². The van der Waals surface area contributed by atoms with Crippen LogP contribution in [0.3, 0.4) is 0 Å². The molecule has 0 saturated heterocycles. The van der Waals surface area contributed by atoms with Crippen LogP contribution >= 0.6 is 0 Å². The van der Waals surface area contributed by atoms with E-state index in [-0.39, 0.29) is 12.5 Å². The number of amides is 1. The predicted molar refractivity (Wildman–Crippen MR) is 108 cm³/mol. The van der Waals surface area contributed by atoms with Crippen LogP contribution in [0.2, 0.25) is 0 Å². The van der Waals surface area contributed by atoms with Gasteiger partial charge in [0.2, 0.25) is 0 Å². The maximum Gasteiger partial charge on any atom is 0.325 e. The molecule has 0 spiro atoms. The number of hydrogen-bond donors (Lipinski definition) is 0. The highest BCUT2D eigenvalue weighted by Crippen LogP contribution is 2.18. The van der Waals surface area contributed by atoms with Gasteiger partial charge in [0.05, 0.1) is 7.11 Å². The molecule has 6 heteroatoms. The van der Waals surface area contributed by atoms with Gasteiger partial charge in [-0.1, -0.05) is 42.5 Å². The van der Waals surface area contributed by atoms with Crippen molar-refractivity contribution in [3.63, 3.8) is 0 Å². The van der Waals surface area contributed by atoms with Crippen LogP contribution in [0.1, 0.15) is 21.5 Å². The molecule has 0 N–H and O–H groups in total. The minimum Gasteiger partial charge on any atom is -0.489 e. The normalized spacial score (nSPS) is 10.2. The maximum atomic E-state index is 13.1. The SMILES string of the molecule is COC(=O)CN(Cc1ccccc1)C(=O)c1cccc(OCc2cccnc2)c1. The second-order valence-corrected chi connectivity index (χ2v) is 6.40. The van der Waals surface area contributed by atoms with E-state index in [4.69, 9.17) is 9.47 Å². The Balaban J connectivity index is 1.74. The Morgan fingerprint density at radius 2 is 1.76 bits per heavy atom. The molecule has 0 unspecified atom stereocenters. The smallest absolute Gasteiger partial charge is 0.325 e. The van der Waals surface area contributed by atoms with Crippen LogP contribution in [-0.2, 0) is 22.7 Å². The Hall–Kier alpha value is -3.67. The van der Waals surface area contributed by atoms with Crippen molar-refractivity contribution in [3.8, 4) is 5.75 Å².